The van der Waals surface area contributed by atoms with Gasteiger partial charge in [-0.15, -0.1) is 0 Å². The van der Waals surface area contributed by atoms with Crippen LogP contribution in [0.25, 0.3) is 0 Å². The second-order valence-electron chi connectivity index (χ2n) is 7.65. The first-order valence-electron chi connectivity index (χ1n) is 10.3. The number of imide groups is 1. The molecule has 168 valence electrons. The average molecular weight is 464 g/mol. The van der Waals surface area contributed by atoms with Crippen molar-refractivity contribution in [1.29, 1.82) is 0 Å². The number of methoxy groups -OCH3 is 1. The molecule has 33 heavy (non-hydrogen) atoms. The Bertz CT molecular complexity index is 1190. The van der Waals surface area contributed by atoms with Crippen LogP contribution in [0.3, 0.4) is 0 Å². The monoisotopic (exact) mass is 463 g/mol. The minimum absolute atomic E-state index is 0.253. The van der Waals surface area contributed by atoms with E-state index in [1.807, 2.05) is 48.5 Å². The summed E-state index contributed by atoms with van der Waals surface area (Å²) < 4.78 is 5.24. The van der Waals surface area contributed by atoms with Crippen molar-refractivity contribution in [3.8, 4) is 5.75 Å². The first-order chi connectivity index (χ1) is 15.9. The lowest BCUT2D eigenvalue weighted by molar-refractivity contribution is -0.134. The number of benzene rings is 3. The van der Waals surface area contributed by atoms with Crippen molar-refractivity contribution in [2.75, 3.05) is 19.0 Å². The minimum atomic E-state index is -1.31. The number of nitrogens with one attached hydrogen (secondary N) is 2. The third kappa shape index (κ3) is 4.54. The van der Waals surface area contributed by atoms with Crippen LogP contribution in [-0.2, 0) is 21.5 Å². The molecule has 0 aliphatic carbocycles. The molecule has 1 saturated heterocycles. The molecule has 2 N–H and O–H groups in total. The predicted octanol–water partition coefficient (Wildman–Crippen LogP) is 3.98. The molecular formula is C25H22ClN3O4. The zero-order chi connectivity index (χ0) is 23.4. The van der Waals surface area contributed by atoms with Gasteiger partial charge in [0.05, 0.1) is 12.8 Å². The van der Waals surface area contributed by atoms with Gasteiger partial charge >= 0.3 is 6.03 Å². The Morgan fingerprint density at radius 2 is 1.70 bits per heavy atom. The Morgan fingerprint density at radius 1 is 1.03 bits per heavy atom. The minimum Gasteiger partial charge on any atom is -0.495 e. The molecule has 1 fully saturated rings. The number of carbonyl (C=O) groups excluding carboxylic acids is 3. The van der Waals surface area contributed by atoms with Crippen molar-refractivity contribution in [2.24, 2.45) is 0 Å². The van der Waals surface area contributed by atoms with Crippen LogP contribution in [0.1, 0.15) is 11.1 Å². The van der Waals surface area contributed by atoms with Crippen LogP contribution in [0.4, 0.5) is 10.5 Å². The number of ether oxygens (including phenoxy) is 1. The number of carbonyl (C=O) groups is 3. The van der Waals surface area contributed by atoms with Gasteiger partial charge in [-0.05, 0) is 29.3 Å². The van der Waals surface area contributed by atoms with Crippen molar-refractivity contribution in [1.82, 2.24) is 10.2 Å². The summed E-state index contributed by atoms with van der Waals surface area (Å²) in [6, 6.07) is 22.6. The van der Waals surface area contributed by atoms with E-state index in [1.165, 1.54) is 13.2 Å². The van der Waals surface area contributed by atoms with E-state index < -0.39 is 29.9 Å². The van der Waals surface area contributed by atoms with Crippen molar-refractivity contribution in [3.05, 3.63) is 95.0 Å². The van der Waals surface area contributed by atoms with Crippen LogP contribution in [0.15, 0.2) is 78.9 Å². The summed E-state index contributed by atoms with van der Waals surface area (Å²) in [6.07, 6.45) is 0.253. The molecule has 4 amide bonds. The molecule has 0 bridgehead atoms. The summed E-state index contributed by atoms with van der Waals surface area (Å²) >= 11 is 6.02. The molecule has 0 aromatic heterocycles. The summed E-state index contributed by atoms with van der Waals surface area (Å²) in [5.41, 5.74) is 0.561. The summed E-state index contributed by atoms with van der Waals surface area (Å²) in [5, 5.41) is 5.92. The third-order valence-corrected chi connectivity index (χ3v) is 5.73. The number of rotatable bonds is 7. The van der Waals surface area contributed by atoms with Gasteiger partial charge in [0.25, 0.3) is 5.91 Å². The lowest BCUT2D eigenvalue weighted by atomic mass is 9.83. The molecule has 1 aliphatic heterocycles. The molecule has 0 radical (unpaired) electrons. The highest BCUT2D eigenvalue weighted by Crippen LogP contribution is 2.33. The van der Waals surface area contributed by atoms with Gasteiger partial charge < -0.3 is 15.4 Å². The molecule has 3 aromatic carbocycles. The molecule has 4 rings (SSSR count). The van der Waals surface area contributed by atoms with E-state index in [9.17, 15) is 14.4 Å². The van der Waals surface area contributed by atoms with Crippen molar-refractivity contribution >= 4 is 35.1 Å². The highest BCUT2D eigenvalue weighted by Gasteiger charge is 2.52. The van der Waals surface area contributed by atoms with Gasteiger partial charge in [-0.1, -0.05) is 72.3 Å². The molecule has 0 spiro atoms. The second kappa shape index (κ2) is 9.34. The van der Waals surface area contributed by atoms with Crippen molar-refractivity contribution in [3.63, 3.8) is 0 Å². The van der Waals surface area contributed by atoms with E-state index in [2.05, 4.69) is 10.6 Å². The number of halogens is 1. The summed E-state index contributed by atoms with van der Waals surface area (Å²) in [4.78, 5) is 40.2. The van der Waals surface area contributed by atoms with Crippen molar-refractivity contribution < 1.29 is 19.1 Å². The highest BCUT2D eigenvalue weighted by atomic mass is 35.5. The fourth-order valence-corrected chi connectivity index (χ4v) is 4.10. The number of amides is 4. The van der Waals surface area contributed by atoms with Gasteiger partial charge in [-0.3, -0.25) is 14.5 Å². The van der Waals surface area contributed by atoms with E-state index in [0.29, 0.717) is 22.0 Å². The fourth-order valence-electron chi connectivity index (χ4n) is 3.92. The standard InChI is InChI=1S/C25H22ClN3O4/c1-33-21-13-12-19(26)14-20(21)27-22(30)16-29-23(31)25(28-24(29)32,18-10-6-3-7-11-18)15-17-8-4-2-5-9-17/h2-14H,15-16H2,1H3,(H,27,30)(H,28,32). The average Bonchev–Trinajstić information content (AvgIpc) is 3.05. The largest absolute Gasteiger partial charge is 0.495 e. The molecule has 8 heteroatoms. The molecule has 0 saturated carbocycles. The Labute approximate surface area is 196 Å². The Morgan fingerprint density at radius 3 is 2.36 bits per heavy atom. The highest BCUT2D eigenvalue weighted by molar-refractivity contribution is 6.31. The topological polar surface area (TPSA) is 87.7 Å². The molecular weight excluding hydrogens is 442 g/mol. The van der Waals surface area contributed by atoms with Crippen LogP contribution >= 0.6 is 11.6 Å². The van der Waals surface area contributed by atoms with E-state index in [4.69, 9.17) is 16.3 Å². The van der Waals surface area contributed by atoms with E-state index in [-0.39, 0.29) is 6.42 Å². The van der Waals surface area contributed by atoms with Gasteiger partial charge in [-0.25, -0.2) is 4.79 Å². The number of urea groups is 1. The molecule has 1 heterocycles. The summed E-state index contributed by atoms with van der Waals surface area (Å²) in [5.74, 6) is -0.633. The van der Waals surface area contributed by atoms with Gasteiger partial charge in [-0.2, -0.15) is 0 Å². The van der Waals surface area contributed by atoms with Crippen LogP contribution in [-0.4, -0.2) is 36.4 Å². The maximum Gasteiger partial charge on any atom is 0.325 e. The smallest absolute Gasteiger partial charge is 0.325 e. The second-order valence-corrected chi connectivity index (χ2v) is 8.08. The molecule has 1 aliphatic rings. The summed E-state index contributed by atoms with van der Waals surface area (Å²) in [7, 11) is 1.47. The number of nitrogens with zero attached hydrogens (tertiary/aromatic N) is 1. The third-order valence-electron chi connectivity index (χ3n) is 5.49. The number of hydrogen-bond acceptors (Lipinski definition) is 4. The van der Waals surface area contributed by atoms with Crippen molar-refractivity contribution in [2.45, 2.75) is 12.0 Å². The Hall–Kier alpha value is -3.84. The normalized spacial score (nSPS) is 17.6. The van der Waals surface area contributed by atoms with Gasteiger partial charge in [0.1, 0.15) is 12.3 Å². The maximum atomic E-state index is 13.6. The van der Waals surface area contributed by atoms with E-state index >= 15 is 0 Å². The lowest BCUT2D eigenvalue weighted by Gasteiger charge is -2.27. The fraction of sp³-hybridized carbons (Fsp3) is 0.160. The number of anilines is 1. The lowest BCUT2D eigenvalue weighted by Crippen LogP contribution is -2.46. The SMILES string of the molecule is COc1ccc(Cl)cc1NC(=O)CN1C(=O)NC(Cc2ccccc2)(c2ccccc2)C1=O. The zero-order valence-electron chi connectivity index (χ0n) is 17.9. The van der Waals surface area contributed by atoms with Gasteiger partial charge in [0.2, 0.25) is 5.91 Å². The first kappa shape index (κ1) is 22.4. The van der Waals surface area contributed by atoms with Crippen LogP contribution in [0.2, 0.25) is 5.02 Å². The first-order valence-corrected chi connectivity index (χ1v) is 10.7. The Kier molecular flexibility index (Phi) is 6.33. The van der Waals surface area contributed by atoms with Crippen LogP contribution < -0.4 is 15.4 Å². The zero-order valence-corrected chi connectivity index (χ0v) is 18.6. The quantitative estimate of drug-likeness (QED) is 0.519. The van der Waals surface area contributed by atoms with Crippen LogP contribution in [0.5, 0.6) is 5.75 Å². The van der Waals surface area contributed by atoms with Gasteiger partial charge in [0, 0.05) is 11.4 Å². The summed E-state index contributed by atoms with van der Waals surface area (Å²) in [6.45, 7) is -0.455. The van der Waals surface area contributed by atoms with Crippen LogP contribution in [0, 0.1) is 0 Å². The van der Waals surface area contributed by atoms with E-state index in [1.54, 1.807) is 24.3 Å². The molecule has 1 unspecified atom stereocenters. The molecule has 3 aromatic rings. The predicted molar refractivity (Wildman–Crippen MR) is 125 cm³/mol. The Balaban J connectivity index is 1.60. The maximum absolute atomic E-state index is 13.6. The van der Waals surface area contributed by atoms with Gasteiger partial charge in [0.15, 0.2) is 5.54 Å². The number of hydrogen-bond donors (Lipinski definition) is 2. The van der Waals surface area contributed by atoms with E-state index in [0.717, 1.165) is 10.5 Å². The molecule has 1 atom stereocenters. The molecule has 7 nitrogen and oxygen atoms in total.